The van der Waals surface area contributed by atoms with E-state index in [0.29, 0.717) is 5.41 Å². The van der Waals surface area contributed by atoms with Gasteiger partial charge in [-0.2, -0.15) is 0 Å². The van der Waals surface area contributed by atoms with Gasteiger partial charge >= 0.3 is 0 Å². The molecule has 0 amide bonds. The molecule has 1 N–H and O–H groups in total. The standard InChI is InChI=1S/C17H35N/c1-5-6-7-12-17(3,4)14-18-13-16-10-8-15(2)9-11-16/h15-16,18H,5-14H2,1-4H3. The van der Waals surface area contributed by atoms with Crippen molar-refractivity contribution in [3.8, 4) is 0 Å². The summed E-state index contributed by atoms with van der Waals surface area (Å²) in [4.78, 5) is 0. The molecule has 108 valence electrons. The first-order chi connectivity index (χ1) is 8.53. The van der Waals surface area contributed by atoms with Crippen LogP contribution in [-0.2, 0) is 0 Å². The van der Waals surface area contributed by atoms with E-state index >= 15 is 0 Å². The van der Waals surface area contributed by atoms with E-state index in [1.54, 1.807) is 0 Å². The second-order valence-electron chi connectivity index (χ2n) is 7.38. The molecule has 1 heteroatoms. The largest absolute Gasteiger partial charge is 0.316 e. The van der Waals surface area contributed by atoms with Gasteiger partial charge in [-0.15, -0.1) is 0 Å². The SMILES string of the molecule is CCCCCC(C)(C)CNCC1CCC(C)CC1. The summed E-state index contributed by atoms with van der Waals surface area (Å²) < 4.78 is 0. The van der Waals surface area contributed by atoms with Gasteiger partial charge in [0.05, 0.1) is 0 Å². The topological polar surface area (TPSA) is 12.0 Å². The van der Waals surface area contributed by atoms with E-state index in [1.165, 1.54) is 64.5 Å². The Morgan fingerprint density at radius 1 is 1.06 bits per heavy atom. The minimum atomic E-state index is 0.483. The average molecular weight is 253 g/mol. The van der Waals surface area contributed by atoms with Crippen molar-refractivity contribution in [3.63, 3.8) is 0 Å². The molecule has 0 saturated heterocycles. The van der Waals surface area contributed by atoms with Crippen molar-refractivity contribution in [1.29, 1.82) is 0 Å². The van der Waals surface area contributed by atoms with E-state index in [-0.39, 0.29) is 0 Å². The van der Waals surface area contributed by atoms with E-state index in [2.05, 4.69) is 33.0 Å². The fourth-order valence-corrected chi connectivity index (χ4v) is 3.09. The Kier molecular flexibility index (Phi) is 7.29. The molecule has 0 aromatic carbocycles. The van der Waals surface area contributed by atoms with Crippen molar-refractivity contribution < 1.29 is 0 Å². The molecule has 1 aliphatic rings. The van der Waals surface area contributed by atoms with E-state index in [4.69, 9.17) is 0 Å². The van der Waals surface area contributed by atoms with Crippen molar-refractivity contribution in [2.24, 2.45) is 17.3 Å². The van der Waals surface area contributed by atoms with E-state index in [9.17, 15) is 0 Å². The zero-order chi connectivity index (χ0) is 13.4. The third kappa shape index (κ3) is 6.78. The molecule has 0 heterocycles. The van der Waals surface area contributed by atoms with Crippen LogP contribution in [0.5, 0.6) is 0 Å². The zero-order valence-electron chi connectivity index (χ0n) is 13.2. The summed E-state index contributed by atoms with van der Waals surface area (Å²) in [6.45, 7) is 12.0. The highest BCUT2D eigenvalue weighted by Crippen LogP contribution is 2.28. The Morgan fingerprint density at radius 2 is 1.72 bits per heavy atom. The normalized spacial score (nSPS) is 25.3. The van der Waals surface area contributed by atoms with Gasteiger partial charge in [-0.25, -0.2) is 0 Å². The second kappa shape index (κ2) is 8.19. The van der Waals surface area contributed by atoms with Crippen LogP contribution in [0.3, 0.4) is 0 Å². The molecule has 0 bridgehead atoms. The lowest BCUT2D eigenvalue weighted by Gasteiger charge is -2.29. The first kappa shape index (κ1) is 16.0. The Hall–Kier alpha value is -0.0400. The lowest BCUT2D eigenvalue weighted by molar-refractivity contribution is 0.254. The Bertz CT molecular complexity index is 202. The van der Waals surface area contributed by atoms with Crippen LogP contribution in [-0.4, -0.2) is 13.1 Å². The van der Waals surface area contributed by atoms with Crippen molar-refractivity contribution >= 4 is 0 Å². The highest BCUT2D eigenvalue weighted by molar-refractivity contribution is 4.75. The van der Waals surface area contributed by atoms with Crippen LogP contribution >= 0.6 is 0 Å². The molecular formula is C17H35N. The molecule has 0 aromatic heterocycles. The minimum absolute atomic E-state index is 0.483. The van der Waals surface area contributed by atoms with Crippen molar-refractivity contribution in [1.82, 2.24) is 5.32 Å². The van der Waals surface area contributed by atoms with Gasteiger partial charge in [-0.3, -0.25) is 0 Å². The van der Waals surface area contributed by atoms with Gasteiger partial charge in [0, 0.05) is 6.54 Å². The highest BCUT2D eigenvalue weighted by Gasteiger charge is 2.20. The van der Waals surface area contributed by atoms with Crippen molar-refractivity contribution in [2.75, 3.05) is 13.1 Å². The van der Waals surface area contributed by atoms with Crippen LogP contribution in [0.2, 0.25) is 0 Å². The molecular weight excluding hydrogens is 218 g/mol. The van der Waals surface area contributed by atoms with Crippen LogP contribution in [0, 0.1) is 17.3 Å². The van der Waals surface area contributed by atoms with E-state index in [1.807, 2.05) is 0 Å². The summed E-state index contributed by atoms with van der Waals surface area (Å²) in [6, 6.07) is 0. The maximum Gasteiger partial charge on any atom is 0.000263 e. The van der Waals surface area contributed by atoms with Crippen LogP contribution < -0.4 is 5.32 Å². The van der Waals surface area contributed by atoms with Crippen molar-refractivity contribution in [3.05, 3.63) is 0 Å². The molecule has 0 radical (unpaired) electrons. The molecule has 1 fully saturated rings. The summed E-state index contributed by atoms with van der Waals surface area (Å²) in [5.41, 5.74) is 0.483. The summed E-state index contributed by atoms with van der Waals surface area (Å²) in [6.07, 6.45) is 11.3. The summed E-state index contributed by atoms with van der Waals surface area (Å²) in [5, 5.41) is 3.74. The van der Waals surface area contributed by atoms with Gasteiger partial charge in [-0.1, -0.05) is 59.8 Å². The summed E-state index contributed by atoms with van der Waals surface area (Å²) in [7, 11) is 0. The van der Waals surface area contributed by atoms with Crippen LogP contribution in [0.25, 0.3) is 0 Å². The van der Waals surface area contributed by atoms with Gasteiger partial charge in [-0.05, 0) is 43.1 Å². The predicted octanol–water partition coefficient (Wildman–Crippen LogP) is 5.01. The van der Waals surface area contributed by atoms with Gasteiger partial charge in [0.25, 0.3) is 0 Å². The predicted molar refractivity (Wildman–Crippen MR) is 81.9 cm³/mol. The fourth-order valence-electron chi connectivity index (χ4n) is 3.09. The van der Waals surface area contributed by atoms with E-state index in [0.717, 1.165) is 11.8 Å². The zero-order valence-corrected chi connectivity index (χ0v) is 13.2. The molecule has 1 saturated carbocycles. The molecule has 18 heavy (non-hydrogen) atoms. The molecule has 0 aromatic rings. The number of rotatable bonds is 8. The lowest BCUT2D eigenvalue weighted by Crippen LogP contribution is -2.34. The number of hydrogen-bond donors (Lipinski definition) is 1. The monoisotopic (exact) mass is 253 g/mol. The summed E-state index contributed by atoms with van der Waals surface area (Å²) in [5.74, 6) is 1.93. The molecule has 1 nitrogen and oxygen atoms in total. The van der Waals surface area contributed by atoms with Crippen molar-refractivity contribution in [2.45, 2.75) is 79.1 Å². The fraction of sp³-hybridized carbons (Fsp3) is 1.00. The summed E-state index contributed by atoms with van der Waals surface area (Å²) >= 11 is 0. The number of hydrogen-bond acceptors (Lipinski definition) is 1. The smallest absolute Gasteiger partial charge is 0.000263 e. The Morgan fingerprint density at radius 3 is 2.33 bits per heavy atom. The van der Waals surface area contributed by atoms with E-state index < -0.39 is 0 Å². The van der Waals surface area contributed by atoms with Crippen LogP contribution in [0.1, 0.15) is 79.1 Å². The molecule has 0 unspecified atom stereocenters. The molecule has 0 atom stereocenters. The first-order valence-electron chi connectivity index (χ1n) is 8.24. The average Bonchev–Trinajstić information content (AvgIpc) is 2.32. The quantitative estimate of drug-likeness (QED) is 0.600. The van der Waals surface area contributed by atoms with Crippen LogP contribution in [0.15, 0.2) is 0 Å². The maximum absolute atomic E-state index is 3.74. The van der Waals surface area contributed by atoms with Gasteiger partial charge in [0.2, 0.25) is 0 Å². The van der Waals surface area contributed by atoms with Gasteiger partial charge in [0.15, 0.2) is 0 Å². The second-order valence-corrected chi connectivity index (χ2v) is 7.38. The lowest BCUT2D eigenvalue weighted by atomic mass is 9.82. The van der Waals surface area contributed by atoms with Gasteiger partial charge < -0.3 is 5.32 Å². The van der Waals surface area contributed by atoms with Gasteiger partial charge in [0.1, 0.15) is 0 Å². The number of unbranched alkanes of at least 4 members (excludes halogenated alkanes) is 2. The third-order valence-corrected chi connectivity index (χ3v) is 4.63. The molecule has 1 rings (SSSR count). The minimum Gasteiger partial charge on any atom is -0.316 e. The molecule has 0 aliphatic heterocycles. The Balaban J connectivity index is 2.08. The third-order valence-electron chi connectivity index (χ3n) is 4.63. The number of nitrogens with one attached hydrogen (secondary N) is 1. The first-order valence-corrected chi connectivity index (χ1v) is 8.24. The molecule has 1 aliphatic carbocycles. The molecule has 0 spiro atoms. The highest BCUT2D eigenvalue weighted by atomic mass is 14.9. The maximum atomic E-state index is 3.74. The Labute approximate surface area is 115 Å². The van der Waals surface area contributed by atoms with Crippen LogP contribution in [0.4, 0.5) is 0 Å².